The Morgan fingerprint density at radius 3 is 2.16 bits per heavy atom. The van der Waals surface area contributed by atoms with E-state index in [4.69, 9.17) is 9.88 Å². The standard InChI is InChI=1S/C29H42N4O4S/c1-2-3-9-28(29(34)31-24-7-5-4-6-8-24)33-20-18-32(19-21-33)22-23-10-12-25(13-11-23)37-26-14-16-27(17-15-26)38(30,35)36/h10-17,24,28H,2-9,18-22H2,1H3,(H,31,34)(H2,30,35,36). The van der Waals surface area contributed by atoms with Gasteiger partial charge in [-0.15, -0.1) is 0 Å². The van der Waals surface area contributed by atoms with Gasteiger partial charge in [-0.3, -0.25) is 14.6 Å². The van der Waals surface area contributed by atoms with E-state index in [2.05, 4.69) is 34.2 Å². The Labute approximate surface area is 227 Å². The summed E-state index contributed by atoms with van der Waals surface area (Å²) in [7, 11) is -3.72. The second kappa shape index (κ2) is 13.6. The van der Waals surface area contributed by atoms with Crippen LogP contribution in [0.4, 0.5) is 0 Å². The number of nitrogens with two attached hydrogens (primary N) is 1. The number of carbonyl (C=O) groups is 1. The summed E-state index contributed by atoms with van der Waals surface area (Å²) in [6.07, 6.45) is 9.10. The average Bonchev–Trinajstić information content (AvgIpc) is 2.91. The third-order valence-electron chi connectivity index (χ3n) is 7.65. The first kappa shape index (κ1) is 28.5. The summed E-state index contributed by atoms with van der Waals surface area (Å²) in [5.74, 6) is 1.46. The Kier molecular flexibility index (Phi) is 10.2. The summed E-state index contributed by atoms with van der Waals surface area (Å²) in [6.45, 7) is 6.73. The highest BCUT2D eigenvalue weighted by atomic mass is 32.2. The van der Waals surface area contributed by atoms with Gasteiger partial charge in [-0.05, 0) is 61.2 Å². The van der Waals surface area contributed by atoms with E-state index in [0.29, 0.717) is 17.5 Å². The molecule has 1 unspecified atom stereocenters. The van der Waals surface area contributed by atoms with Crippen molar-refractivity contribution in [2.45, 2.75) is 81.8 Å². The number of hydrogen-bond acceptors (Lipinski definition) is 6. The molecule has 2 aromatic carbocycles. The molecule has 4 rings (SSSR count). The second-order valence-corrected chi connectivity index (χ2v) is 12.1. The molecule has 2 aliphatic rings. The summed E-state index contributed by atoms with van der Waals surface area (Å²) in [6, 6.07) is 14.4. The quantitative estimate of drug-likeness (QED) is 0.440. The number of carbonyl (C=O) groups excluding carboxylic acids is 1. The number of ether oxygens (including phenoxy) is 1. The van der Waals surface area contributed by atoms with Crippen LogP contribution < -0.4 is 15.2 Å². The lowest BCUT2D eigenvalue weighted by Gasteiger charge is -2.39. The lowest BCUT2D eigenvalue weighted by Crippen LogP contribution is -2.56. The first-order chi connectivity index (χ1) is 18.3. The molecule has 2 aromatic rings. The number of benzene rings is 2. The topological polar surface area (TPSA) is 105 Å². The Morgan fingerprint density at radius 2 is 1.58 bits per heavy atom. The Hall–Kier alpha value is -2.46. The van der Waals surface area contributed by atoms with Crippen LogP contribution >= 0.6 is 0 Å². The van der Waals surface area contributed by atoms with Crippen LogP contribution in [-0.2, 0) is 21.4 Å². The lowest BCUT2D eigenvalue weighted by molar-refractivity contribution is -0.128. The summed E-state index contributed by atoms with van der Waals surface area (Å²) in [5.41, 5.74) is 1.20. The fourth-order valence-electron chi connectivity index (χ4n) is 5.41. The average molecular weight is 543 g/mol. The van der Waals surface area contributed by atoms with Gasteiger partial charge in [0.1, 0.15) is 11.5 Å². The van der Waals surface area contributed by atoms with Crippen molar-refractivity contribution in [1.82, 2.24) is 15.1 Å². The van der Waals surface area contributed by atoms with Crippen LogP contribution in [0.2, 0.25) is 0 Å². The van der Waals surface area contributed by atoms with E-state index >= 15 is 0 Å². The third-order valence-corrected chi connectivity index (χ3v) is 8.58. The zero-order chi connectivity index (χ0) is 27.0. The van der Waals surface area contributed by atoms with E-state index in [1.165, 1.54) is 37.0 Å². The van der Waals surface area contributed by atoms with Gasteiger partial charge in [-0.1, -0.05) is 51.2 Å². The van der Waals surface area contributed by atoms with Crippen molar-refractivity contribution in [2.75, 3.05) is 26.2 Å². The summed E-state index contributed by atoms with van der Waals surface area (Å²) < 4.78 is 28.7. The lowest BCUT2D eigenvalue weighted by atomic mass is 9.95. The number of nitrogens with zero attached hydrogens (tertiary/aromatic N) is 2. The van der Waals surface area contributed by atoms with E-state index in [0.717, 1.165) is 64.8 Å². The van der Waals surface area contributed by atoms with Crippen molar-refractivity contribution in [3.8, 4) is 11.5 Å². The minimum Gasteiger partial charge on any atom is -0.457 e. The van der Waals surface area contributed by atoms with Crippen molar-refractivity contribution >= 4 is 15.9 Å². The maximum atomic E-state index is 13.2. The number of piperazine rings is 1. The van der Waals surface area contributed by atoms with Gasteiger partial charge in [0.15, 0.2) is 0 Å². The molecule has 1 saturated carbocycles. The Morgan fingerprint density at radius 1 is 0.974 bits per heavy atom. The maximum absolute atomic E-state index is 13.2. The molecule has 8 nitrogen and oxygen atoms in total. The zero-order valence-electron chi connectivity index (χ0n) is 22.5. The number of sulfonamides is 1. The van der Waals surface area contributed by atoms with Crippen LogP contribution in [-0.4, -0.2) is 62.4 Å². The van der Waals surface area contributed by atoms with Crippen molar-refractivity contribution < 1.29 is 17.9 Å². The van der Waals surface area contributed by atoms with E-state index in [9.17, 15) is 13.2 Å². The monoisotopic (exact) mass is 542 g/mol. The van der Waals surface area contributed by atoms with E-state index in [1.807, 2.05) is 12.1 Å². The van der Waals surface area contributed by atoms with Crippen LogP contribution in [0.3, 0.4) is 0 Å². The normalized spacial score (nSPS) is 18.7. The first-order valence-electron chi connectivity index (χ1n) is 14.0. The predicted octanol–water partition coefficient (Wildman–Crippen LogP) is 4.25. The molecular formula is C29H42N4O4S. The largest absolute Gasteiger partial charge is 0.457 e. The minimum atomic E-state index is -3.72. The van der Waals surface area contributed by atoms with Gasteiger partial charge in [-0.2, -0.15) is 0 Å². The molecule has 208 valence electrons. The fraction of sp³-hybridized carbons (Fsp3) is 0.552. The SMILES string of the molecule is CCCCC(C(=O)NC1CCCCC1)N1CCN(Cc2ccc(Oc3ccc(S(N)(=O)=O)cc3)cc2)CC1. The van der Waals surface area contributed by atoms with Gasteiger partial charge in [-0.25, -0.2) is 13.6 Å². The predicted molar refractivity (Wildman–Crippen MR) is 150 cm³/mol. The van der Waals surface area contributed by atoms with E-state index < -0.39 is 10.0 Å². The molecule has 1 aliphatic carbocycles. The molecular weight excluding hydrogens is 500 g/mol. The molecule has 1 atom stereocenters. The highest BCUT2D eigenvalue weighted by Gasteiger charge is 2.30. The van der Waals surface area contributed by atoms with Crippen molar-refractivity contribution in [3.63, 3.8) is 0 Å². The summed E-state index contributed by atoms with van der Waals surface area (Å²) in [4.78, 5) is 18.1. The third kappa shape index (κ3) is 8.27. The number of hydrogen-bond donors (Lipinski definition) is 2. The number of amides is 1. The zero-order valence-corrected chi connectivity index (χ0v) is 23.3. The van der Waals surface area contributed by atoms with E-state index in [-0.39, 0.29) is 16.8 Å². The molecule has 1 aliphatic heterocycles. The van der Waals surface area contributed by atoms with Crippen LogP contribution in [0.5, 0.6) is 11.5 Å². The fourth-order valence-corrected chi connectivity index (χ4v) is 5.92. The first-order valence-corrected chi connectivity index (χ1v) is 15.5. The molecule has 0 spiro atoms. The van der Waals surface area contributed by atoms with E-state index in [1.54, 1.807) is 12.1 Å². The molecule has 9 heteroatoms. The van der Waals surface area contributed by atoms with Crippen molar-refractivity contribution in [2.24, 2.45) is 5.14 Å². The molecule has 3 N–H and O–H groups in total. The second-order valence-electron chi connectivity index (χ2n) is 10.6. The smallest absolute Gasteiger partial charge is 0.238 e. The highest BCUT2D eigenvalue weighted by Crippen LogP contribution is 2.24. The van der Waals surface area contributed by atoms with Gasteiger partial charge < -0.3 is 10.1 Å². The molecule has 1 amide bonds. The highest BCUT2D eigenvalue weighted by molar-refractivity contribution is 7.89. The van der Waals surface area contributed by atoms with Gasteiger partial charge in [0, 0.05) is 38.8 Å². The van der Waals surface area contributed by atoms with Crippen molar-refractivity contribution in [1.29, 1.82) is 0 Å². The van der Waals surface area contributed by atoms with Gasteiger partial charge in [0.25, 0.3) is 0 Å². The van der Waals surface area contributed by atoms with Crippen LogP contribution in [0.1, 0.15) is 63.9 Å². The Balaban J connectivity index is 1.26. The van der Waals surface area contributed by atoms with Crippen molar-refractivity contribution in [3.05, 3.63) is 54.1 Å². The molecule has 0 radical (unpaired) electrons. The number of unbranched alkanes of at least 4 members (excludes halogenated alkanes) is 1. The molecule has 2 fully saturated rings. The molecule has 1 heterocycles. The van der Waals surface area contributed by atoms with Crippen LogP contribution in [0.25, 0.3) is 0 Å². The molecule has 1 saturated heterocycles. The number of primary sulfonamides is 1. The molecule has 0 aromatic heterocycles. The number of rotatable bonds is 11. The van der Waals surface area contributed by atoms with Crippen LogP contribution in [0.15, 0.2) is 53.4 Å². The van der Waals surface area contributed by atoms with Gasteiger partial charge in [0.05, 0.1) is 10.9 Å². The summed E-state index contributed by atoms with van der Waals surface area (Å²) >= 11 is 0. The maximum Gasteiger partial charge on any atom is 0.238 e. The number of nitrogens with one attached hydrogen (secondary N) is 1. The van der Waals surface area contributed by atoms with Gasteiger partial charge in [0.2, 0.25) is 15.9 Å². The van der Waals surface area contributed by atoms with Gasteiger partial charge >= 0.3 is 0 Å². The summed E-state index contributed by atoms with van der Waals surface area (Å²) in [5, 5.41) is 8.52. The Bertz CT molecular complexity index is 1120. The molecule has 0 bridgehead atoms. The minimum absolute atomic E-state index is 0.0190. The van der Waals surface area contributed by atoms with Crippen LogP contribution in [0, 0.1) is 0 Å². The molecule has 38 heavy (non-hydrogen) atoms.